The van der Waals surface area contributed by atoms with Crippen molar-refractivity contribution >= 4 is 11.8 Å². The van der Waals surface area contributed by atoms with Gasteiger partial charge in [-0.1, -0.05) is 13.8 Å². The van der Waals surface area contributed by atoms with E-state index < -0.39 is 11.4 Å². The number of methoxy groups -OCH3 is 1. The molecule has 2 amide bonds. The molecule has 7 nitrogen and oxygen atoms in total. The Hall–Kier alpha value is -2.28. The van der Waals surface area contributed by atoms with E-state index in [4.69, 9.17) is 20.9 Å². The van der Waals surface area contributed by atoms with Gasteiger partial charge in [-0.2, -0.15) is 0 Å². The molecule has 7 heteroatoms. The standard InChI is InChI=1S/C16H25N3O4/c1-10(2)16(3,9-17)19-15(21)11-5-6-12(13(7-11)22-4)23-8-14(18)20/h5-7,10H,8-9,17H2,1-4H3,(H2,18,20)(H,19,21). The molecule has 1 aromatic rings. The number of carbonyl (C=O) groups is 2. The first-order valence-electron chi connectivity index (χ1n) is 7.35. The van der Waals surface area contributed by atoms with Gasteiger partial charge < -0.3 is 26.3 Å². The highest BCUT2D eigenvalue weighted by molar-refractivity contribution is 5.95. The minimum absolute atomic E-state index is 0.177. The van der Waals surface area contributed by atoms with Gasteiger partial charge in [-0.05, 0) is 31.0 Å². The fraction of sp³-hybridized carbons (Fsp3) is 0.500. The molecular weight excluding hydrogens is 298 g/mol. The maximum atomic E-state index is 12.4. The molecule has 128 valence electrons. The molecule has 0 aromatic heterocycles. The lowest BCUT2D eigenvalue weighted by Gasteiger charge is -2.33. The van der Waals surface area contributed by atoms with Gasteiger partial charge in [0.15, 0.2) is 18.1 Å². The van der Waals surface area contributed by atoms with Crippen LogP contribution in [0.4, 0.5) is 0 Å². The summed E-state index contributed by atoms with van der Waals surface area (Å²) in [5.74, 6) is 0.0126. The number of amides is 2. The van der Waals surface area contributed by atoms with E-state index in [9.17, 15) is 9.59 Å². The number of carbonyl (C=O) groups excluding carboxylic acids is 2. The van der Waals surface area contributed by atoms with Crippen LogP contribution in [0.2, 0.25) is 0 Å². The van der Waals surface area contributed by atoms with Crippen LogP contribution in [0.15, 0.2) is 18.2 Å². The summed E-state index contributed by atoms with van der Waals surface area (Å²) in [6.45, 7) is 5.95. The Kier molecular flexibility index (Phi) is 6.38. The van der Waals surface area contributed by atoms with Crippen LogP contribution in [0.5, 0.6) is 11.5 Å². The molecule has 0 aliphatic rings. The Labute approximate surface area is 136 Å². The number of benzene rings is 1. The number of nitrogens with one attached hydrogen (secondary N) is 1. The quantitative estimate of drug-likeness (QED) is 0.650. The Morgan fingerprint density at radius 3 is 2.43 bits per heavy atom. The van der Waals surface area contributed by atoms with Crippen LogP contribution in [0.25, 0.3) is 0 Å². The number of ether oxygens (including phenoxy) is 2. The van der Waals surface area contributed by atoms with Crippen LogP contribution in [0.1, 0.15) is 31.1 Å². The summed E-state index contributed by atoms with van der Waals surface area (Å²) in [7, 11) is 1.45. The first-order valence-corrected chi connectivity index (χ1v) is 7.35. The highest BCUT2D eigenvalue weighted by Gasteiger charge is 2.29. The maximum absolute atomic E-state index is 12.4. The first-order chi connectivity index (χ1) is 10.7. The molecule has 1 unspecified atom stereocenters. The van der Waals surface area contributed by atoms with E-state index in [1.165, 1.54) is 7.11 Å². The van der Waals surface area contributed by atoms with E-state index in [-0.39, 0.29) is 18.4 Å². The molecule has 0 spiro atoms. The zero-order valence-corrected chi connectivity index (χ0v) is 14.0. The predicted octanol–water partition coefficient (Wildman–Crippen LogP) is 0.663. The third-order valence-corrected chi connectivity index (χ3v) is 3.89. The van der Waals surface area contributed by atoms with Crippen molar-refractivity contribution in [1.82, 2.24) is 5.32 Å². The highest BCUT2D eigenvalue weighted by Crippen LogP contribution is 2.28. The molecule has 0 radical (unpaired) electrons. The first kappa shape index (κ1) is 18.8. The van der Waals surface area contributed by atoms with Crippen molar-refractivity contribution in [2.45, 2.75) is 26.3 Å². The average molecular weight is 323 g/mol. The molecule has 0 heterocycles. The number of nitrogens with two attached hydrogens (primary N) is 2. The van der Waals surface area contributed by atoms with Crippen molar-refractivity contribution in [3.05, 3.63) is 23.8 Å². The van der Waals surface area contributed by atoms with Crippen molar-refractivity contribution in [3.8, 4) is 11.5 Å². The zero-order valence-electron chi connectivity index (χ0n) is 14.0. The van der Waals surface area contributed by atoms with Crippen molar-refractivity contribution < 1.29 is 19.1 Å². The number of rotatable bonds is 8. The molecule has 0 aliphatic heterocycles. The number of primary amides is 1. The van der Waals surface area contributed by atoms with Crippen molar-refractivity contribution in [3.63, 3.8) is 0 Å². The Morgan fingerprint density at radius 2 is 1.96 bits per heavy atom. The number of hydrogen-bond acceptors (Lipinski definition) is 5. The van der Waals surface area contributed by atoms with Crippen molar-refractivity contribution in [2.24, 2.45) is 17.4 Å². The molecular formula is C16H25N3O4. The topological polar surface area (TPSA) is 117 Å². The molecule has 23 heavy (non-hydrogen) atoms. The third-order valence-electron chi connectivity index (χ3n) is 3.89. The zero-order chi connectivity index (χ0) is 17.6. The maximum Gasteiger partial charge on any atom is 0.255 e. The molecule has 0 fully saturated rings. The summed E-state index contributed by atoms with van der Waals surface area (Å²) in [4.78, 5) is 23.2. The van der Waals surface area contributed by atoms with Crippen molar-refractivity contribution in [1.29, 1.82) is 0 Å². The lowest BCUT2D eigenvalue weighted by Crippen LogP contribution is -2.55. The second kappa shape index (κ2) is 7.82. The van der Waals surface area contributed by atoms with Crippen molar-refractivity contribution in [2.75, 3.05) is 20.3 Å². The van der Waals surface area contributed by atoms with E-state index >= 15 is 0 Å². The summed E-state index contributed by atoms with van der Waals surface area (Å²) in [6.07, 6.45) is 0. The molecule has 0 bridgehead atoms. The largest absolute Gasteiger partial charge is 0.493 e. The second-order valence-corrected chi connectivity index (χ2v) is 5.85. The third kappa shape index (κ3) is 4.85. The van der Waals surface area contributed by atoms with Gasteiger partial charge in [0.2, 0.25) is 0 Å². The van der Waals surface area contributed by atoms with Gasteiger partial charge in [0.1, 0.15) is 0 Å². The van der Waals surface area contributed by atoms with E-state index in [0.717, 1.165) is 0 Å². The molecule has 1 rings (SSSR count). The Bertz CT molecular complexity index is 574. The normalized spacial score (nSPS) is 13.3. The van der Waals surface area contributed by atoms with E-state index in [0.29, 0.717) is 23.6 Å². The van der Waals surface area contributed by atoms with Gasteiger partial charge in [-0.3, -0.25) is 9.59 Å². The van der Waals surface area contributed by atoms with Gasteiger partial charge in [-0.25, -0.2) is 0 Å². The Morgan fingerprint density at radius 1 is 1.30 bits per heavy atom. The smallest absolute Gasteiger partial charge is 0.255 e. The van der Waals surface area contributed by atoms with E-state index in [1.54, 1.807) is 18.2 Å². The molecule has 5 N–H and O–H groups in total. The van der Waals surface area contributed by atoms with Gasteiger partial charge in [0.25, 0.3) is 11.8 Å². The summed E-state index contributed by atoms with van der Waals surface area (Å²) in [5, 5.41) is 2.95. The van der Waals surface area contributed by atoms with Crippen LogP contribution in [-0.2, 0) is 4.79 Å². The summed E-state index contributed by atoms with van der Waals surface area (Å²) >= 11 is 0. The monoisotopic (exact) mass is 323 g/mol. The summed E-state index contributed by atoms with van der Waals surface area (Å²) < 4.78 is 10.4. The van der Waals surface area contributed by atoms with Gasteiger partial charge in [0, 0.05) is 12.1 Å². The van der Waals surface area contributed by atoms with Crippen LogP contribution >= 0.6 is 0 Å². The van der Waals surface area contributed by atoms with E-state index in [2.05, 4.69) is 5.32 Å². The van der Waals surface area contributed by atoms with Gasteiger partial charge in [-0.15, -0.1) is 0 Å². The van der Waals surface area contributed by atoms with Crippen LogP contribution in [0, 0.1) is 5.92 Å². The fourth-order valence-electron chi connectivity index (χ4n) is 1.84. The second-order valence-electron chi connectivity index (χ2n) is 5.85. The minimum Gasteiger partial charge on any atom is -0.493 e. The van der Waals surface area contributed by atoms with Gasteiger partial charge >= 0.3 is 0 Å². The summed E-state index contributed by atoms with van der Waals surface area (Å²) in [6, 6.07) is 4.69. The lowest BCUT2D eigenvalue weighted by atomic mass is 9.88. The van der Waals surface area contributed by atoms with Crippen LogP contribution in [0.3, 0.4) is 0 Å². The van der Waals surface area contributed by atoms with E-state index in [1.807, 2.05) is 20.8 Å². The fourth-order valence-corrected chi connectivity index (χ4v) is 1.84. The van der Waals surface area contributed by atoms with Crippen LogP contribution < -0.4 is 26.3 Å². The molecule has 1 aromatic carbocycles. The Balaban J connectivity index is 2.96. The SMILES string of the molecule is COc1cc(C(=O)NC(C)(CN)C(C)C)ccc1OCC(N)=O. The average Bonchev–Trinajstić information content (AvgIpc) is 2.52. The van der Waals surface area contributed by atoms with Crippen LogP contribution in [-0.4, -0.2) is 37.6 Å². The molecule has 1 atom stereocenters. The summed E-state index contributed by atoms with van der Waals surface area (Å²) in [5.41, 5.74) is 10.7. The lowest BCUT2D eigenvalue weighted by molar-refractivity contribution is -0.119. The molecule has 0 saturated carbocycles. The van der Waals surface area contributed by atoms with Gasteiger partial charge in [0.05, 0.1) is 12.6 Å². The highest BCUT2D eigenvalue weighted by atomic mass is 16.5. The predicted molar refractivity (Wildman–Crippen MR) is 87.4 cm³/mol. The minimum atomic E-state index is -0.593. The molecule has 0 saturated heterocycles. The number of hydrogen-bond donors (Lipinski definition) is 3. The molecule has 0 aliphatic carbocycles.